The van der Waals surface area contributed by atoms with E-state index in [-0.39, 0.29) is 5.56 Å². The van der Waals surface area contributed by atoms with Crippen molar-refractivity contribution in [3.05, 3.63) is 22.6 Å². The van der Waals surface area contributed by atoms with Crippen molar-refractivity contribution in [2.75, 3.05) is 25.5 Å². The summed E-state index contributed by atoms with van der Waals surface area (Å²) in [5.41, 5.74) is 0.778. The minimum atomic E-state index is -0.0554. The van der Waals surface area contributed by atoms with Crippen LogP contribution in [-0.2, 0) is 6.54 Å². The van der Waals surface area contributed by atoms with Crippen molar-refractivity contribution >= 4 is 5.69 Å². The molecule has 0 bridgehead atoms. The Morgan fingerprint density at radius 2 is 2.06 bits per heavy atom. The number of nitrogens with one attached hydrogen (secondary N) is 1. The van der Waals surface area contributed by atoms with Crippen molar-refractivity contribution in [1.82, 2.24) is 15.1 Å². The van der Waals surface area contributed by atoms with E-state index in [4.69, 9.17) is 0 Å². The average Bonchev–Trinajstić information content (AvgIpc) is 2.30. The molecule has 0 aromatic carbocycles. The van der Waals surface area contributed by atoms with Gasteiger partial charge < -0.3 is 10.2 Å². The van der Waals surface area contributed by atoms with Gasteiger partial charge in [-0.1, -0.05) is 13.8 Å². The zero-order valence-corrected chi connectivity index (χ0v) is 12.0. The normalized spacial score (nSPS) is 12.8. The van der Waals surface area contributed by atoms with Crippen molar-refractivity contribution in [3.8, 4) is 0 Å². The van der Waals surface area contributed by atoms with Crippen LogP contribution in [-0.4, -0.2) is 36.5 Å². The first-order valence-corrected chi connectivity index (χ1v) is 6.39. The van der Waals surface area contributed by atoms with Crippen LogP contribution >= 0.6 is 0 Å². The lowest BCUT2D eigenvalue weighted by molar-refractivity contribution is 0.407. The van der Waals surface area contributed by atoms with Crippen LogP contribution in [0.2, 0.25) is 0 Å². The lowest BCUT2D eigenvalue weighted by Gasteiger charge is -2.17. The molecular formula is C13H24N4O. The lowest BCUT2D eigenvalue weighted by atomic mass is 10.1. The lowest BCUT2D eigenvalue weighted by Crippen LogP contribution is -2.35. The maximum Gasteiger partial charge on any atom is 0.268 e. The summed E-state index contributed by atoms with van der Waals surface area (Å²) in [6, 6.07) is 2.06. The molecule has 1 atom stereocenters. The molecule has 1 aromatic heterocycles. The molecule has 5 heteroatoms. The first kappa shape index (κ1) is 14.7. The second kappa shape index (κ2) is 6.54. The van der Waals surface area contributed by atoms with E-state index in [1.165, 1.54) is 4.68 Å². The van der Waals surface area contributed by atoms with E-state index in [2.05, 4.69) is 31.2 Å². The Bertz CT molecular complexity index is 425. The smallest absolute Gasteiger partial charge is 0.268 e. The first-order chi connectivity index (χ1) is 8.41. The molecule has 102 valence electrons. The molecule has 0 saturated heterocycles. The predicted molar refractivity (Wildman–Crippen MR) is 75.1 cm³/mol. The minimum Gasteiger partial charge on any atom is -0.376 e. The highest BCUT2D eigenvalue weighted by Crippen LogP contribution is 2.03. The number of hydrogen-bond donors (Lipinski definition) is 1. The molecule has 5 nitrogen and oxygen atoms in total. The molecule has 1 unspecified atom stereocenters. The van der Waals surface area contributed by atoms with Crippen LogP contribution in [0.3, 0.4) is 0 Å². The van der Waals surface area contributed by atoms with Crippen molar-refractivity contribution in [3.63, 3.8) is 0 Å². The molecule has 0 saturated carbocycles. The van der Waals surface area contributed by atoms with Gasteiger partial charge in [-0.15, -0.1) is 0 Å². The highest BCUT2D eigenvalue weighted by Gasteiger charge is 2.06. The van der Waals surface area contributed by atoms with Crippen molar-refractivity contribution in [2.45, 2.75) is 33.4 Å². The third kappa shape index (κ3) is 4.14. The van der Waals surface area contributed by atoms with E-state index in [1.807, 2.05) is 19.0 Å². The summed E-state index contributed by atoms with van der Waals surface area (Å²) in [6.07, 6.45) is 1.72. The Hall–Kier alpha value is -1.36. The van der Waals surface area contributed by atoms with E-state index in [0.717, 1.165) is 12.2 Å². The van der Waals surface area contributed by atoms with Gasteiger partial charge in [-0.05, 0) is 12.8 Å². The molecule has 1 heterocycles. The molecule has 1 rings (SSSR count). The standard InChI is InChI=1S/C13H24N4O/c1-10(2)11(3)14-6-7-17-13(18)8-12(9-15-17)16(4)5/h8-11,14H,6-7H2,1-5H3. The van der Waals surface area contributed by atoms with Crippen LogP contribution in [0.5, 0.6) is 0 Å². The minimum absolute atomic E-state index is 0.0554. The van der Waals surface area contributed by atoms with Gasteiger partial charge in [0.1, 0.15) is 0 Å². The molecule has 0 spiro atoms. The summed E-state index contributed by atoms with van der Waals surface area (Å²) in [5.74, 6) is 0.589. The van der Waals surface area contributed by atoms with Crippen LogP contribution in [0.15, 0.2) is 17.1 Å². The number of nitrogens with zero attached hydrogens (tertiary/aromatic N) is 3. The molecular weight excluding hydrogens is 228 g/mol. The fourth-order valence-corrected chi connectivity index (χ4v) is 1.47. The second-order valence-corrected chi connectivity index (χ2v) is 5.16. The molecule has 0 radical (unpaired) electrons. The molecule has 18 heavy (non-hydrogen) atoms. The Morgan fingerprint density at radius 1 is 1.39 bits per heavy atom. The number of aromatic nitrogens is 2. The Balaban J connectivity index is 2.56. The van der Waals surface area contributed by atoms with Gasteiger partial charge >= 0.3 is 0 Å². The zero-order valence-electron chi connectivity index (χ0n) is 12.0. The average molecular weight is 252 g/mol. The van der Waals surface area contributed by atoms with Gasteiger partial charge in [-0.3, -0.25) is 4.79 Å². The largest absolute Gasteiger partial charge is 0.376 e. The van der Waals surface area contributed by atoms with Crippen LogP contribution in [0.4, 0.5) is 5.69 Å². The fourth-order valence-electron chi connectivity index (χ4n) is 1.47. The van der Waals surface area contributed by atoms with E-state index < -0.39 is 0 Å². The molecule has 0 aliphatic heterocycles. The third-order valence-corrected chi connectivity index (χ3v) is 3.16. The van der Waals surface area contributed by atoms with Crippen LogP contribution in [0, 0.1) is 5.92 Å². The van der Waals surface area contributed by atoms with E-state index >= 15 is 0 Å². The van der Waals surface area contributed by atoms with Crippen LogP contribution < -0.4 is 15.8 Å². The zero-order chi connectivity index (χ0) is 13.7. The quantitative estimate of drug-likeness (QED) is 0.819. The summed E-state index contributed by atoms with van der Waals surface area (Å²) in [5, 5.41) is 7.55. The Kier molecular flexibility index (Phi) is 5.34. The van der Waals surface area contributed by atoms with E-state index in [0.29, 0.717) is 18.5 Å². The first-order valence-electron chi connectivity index (χ1n) is 6.39. The summed E-state index contributed by atoms with van der Waals surface area (Å²) in [4.78, 5) is 13.7. The van der Waals surface area contributed by atoms with Gasteiger partial charge in [0.25, 0.3) is 5.56 Å². The molecule has 1 aromatic rings. The molecule has 1 N–H and O–H groups in total. The molecule has 0 fully saturated rings. The van der Waals surface area contributed by atoms with Gasteiger partial charge in [0.15, 0.2) is 0 Å². The number of anilines is 1. The van der Waals surface area contributed by atoms with Gasteiger partial charge in [-0.2, -0.15) is 5.10 Å². The monoisotopic (exact) mass is 252 g/mol. The van der Waals surface area contributed by atoms with E-state index in [9.17, 15) is 4.79 Å². The van der Waals surface area contributed by atoms with E-state index in [1.54, 1.807) is 12.3 Å². The Morgan fingerprint density at radius 3 is 2.56 bits per heavy atom. The van der Waals surface area contributed by atoms with Crippen LogP contribution in [0.1, 0.15) is 20.8 Å². The maximum atomic E-state index is 11.8. The third-order valence-electron chi connectivity index (χ3n) is 3.16. The second-order valence-electron chi connectivity index (χ2n) is 5.16. The van der Waals surface area contributed by atoms with Gasteiger partial charge in [-0.25, -0.2) is 4.68 Å². The Labute approximate surface area is 109 Å². The van der Waals surface area contributed by atoms with Crippen molar-refractivity contribution in [2.24, 2.45) is 5.92 Å². The highest BCUT2D eigenvalue weighted by molar-refractivity contribution is 5.40. The summed E-state index contributed by atoms with van der Waals surface area (Å²) >= 11 is 0. The van der Waals surface area contributed by atoms with Crippen molar-refractivity contribution < 1.29 is 0 Å². The fraction of sp³-hybridized carbons (Fsp3) is 0.692. The van der Waals surface area contributed by atoms with Gasteiger partial charge in [0.05, 0.1) is 18.4 Å². The van der Waals surface area contributed by atoms with Crippen LogP contribution in [0.25, 0.3) is 0 Å². The summed E-state index contributed by atoms with van der Waals surface area (Å²) in [7, 11) is 3.79. The topological polar surface area (TPSA) is 50.2 Å². The highest BCUT2D eigenvalue weighted by atomic mass is 16.1. The number of rotatable bonds is 6. The summed E-state index contributed by atoms with van der Waals surface area (Å²) in [6.45, 7) is 7.86. The summed E-state index contributed by atoms with van der Waals surface area (Å²) < 4.78 is 1.49. The maximum absolute atomic E-state index is 11.8. The van der Waals surface area contributed by atoms with Gasteiger partial charge in [0, 0.05) is 32.7 Å². The number of hydrogen-bond acceptors (Lipinski definition) is 4. The molecule has 0 aliphatic rings. The molecule has 0 amide bonds. The van der Waals surface area contributed by atoms with Gasteiger partial charge in [0.2, 0.25) is 0 Å². The molecule has 0 aliphatic carbocycles. The van der Waals surface area contributed by atoms with Crippen molar-refractivity contribution in [1.29, 1.82) is 0 Å². The predicted octanol–water partition coefficient (Wildman–Crippen LogP) is 0.943. The SMILES string of the molecule is CC(C)C(C)NCCn1ncc(N(C)C)cc1=O.